The van der Waals surface area contributed by atoms with E-state index < -0.39 is 0 Å². The van der Waals surface area contributed by atoms with Gasteiger partial charge in [0, 0.05) is 24.3 Å². The van der Waals surface area contributed by atoms with Crippen LogP contribution in [0.4, 0.5) is 0 Å². The molecule has 1 aromatic carbocycles. The Morgan fingerprint density at radius 1 is 1.10 bits per heavy atom. The van der Waals surface area contributed by atoms with Crippen LogP contribution in [0, 0.1) is 0 Å². The van der Waals surface area contributed by atoms with Crippen LogP contribution in [-0.4, -0.2) is 11.0 Å². The van der Waals surface area contributed by atoms with Gasteiger partial charge in [-0.05, 0) is 36.6 Å². The molecule has 1 unspecified atom stereocenters. The van der Waals surface area contributed by atoms with Crippen LogP contribution in [0.3, 0.4) is 0 Å². The molecule has 0 bridgehead atoms. The lowest BCUT2D eigenvalue weighted by Crippen LogP contribution is -2.27. The largest absolute Gasteiger partial charge is 0.310 e. The molecule has 106 valence electrons. The predicted molar refractivity (Wildman–Crippen MR) is 85.5 cm³/mol. The van der Waals surface area contributed by atoms with Crippen molar-refractivity contribution in [1.29, 1.82) is 0 Å². The molecule has 2 aromatic rings. The van der Waals surface area contributed by atoms with Gasteiger partial charge in [0.25, 0.3) is 0 Å². The van der Waals surface area contributed by atoms with E-state index in [2.05, 4.69) is 54.5 Å². The third-order valence-electron chi connectivity index (χ3n) is 3.61. The van der Waals surface area contributed by atoms with Gasteiger partial charge in [-0.25, -0.2) is 0 Å². The minimum absolute atomic E-state index is 0.624. The van der Waals surface area contributed by atoms with Gasteiger partial charge in [0.05, 0.1) is 5.69 Å². The number of benzene rings is 1. The van der Waals surface area contributed by atoms with Crippen molar-refractivity contribution in [1.82, 2.24) is 10.3 Å². The van der Waals surface area contributed by atoms with E-state index in [-0.39, 0.29) is 0 Å². The lowest BCUT2D eigenvalue weighted by molar-refractivity contribution is 0.462. The summed E-state index contributed by atoms with van der Waals surface area (Å²) in [6.45, 7) is 5.42. The lowest BCUT2D eigenvalue weighted by Gasteiger charge is -2.16. The number of nitrogens with zero attached hydrogens (tertiary/aromatic N) is 1. The third kappa shape index (κ3) is 4.17. The molecule has 1 N–H and O–H groups in total. The molecular formula is C18H24N2. The summed E-state index contributed by atoms with van der Waals surface area (Å²) in [6.07, 6.45) is 5.51. The summed E-state index contributed by atoms with van der Waals surface area (Å²) in [5.41, 5.74) is 3.55. The van der Waals surface area contributed by atoms with E-state index in [0.29, 0.717) is 6.04 Å². The number of aromatic nitrogens is 1. The van der Waals surface area contributed by atoms with Gasteiger partial charge < -0.3 is 5.32 Å². The summed E-state index contributed by atoms with van der Waals surface area (Å²) in [5, 5.41) is 3.64. The van der Waals surface area contributed by atoms with E-state index in [1.54, 1.807) is 0 Å². The average Bonchev–Trinajstić information content (AvgIpc) is 2.52. The van der Waals surface area contributed by atoms with E-state index in [1.165, 1.54) is 30.4 Å². The van der Waals surface area contributed by atoms with E-state index in [1.807, 2.05) is 18.3 Å². The standard InChI is InChI=1S/C18H24N2/c1-3-8-17(4-2)20-14-15-9-7-10-16(13-15)18-11-5-6-12-19-18/h5-7,9-13,17,20H,3-4,8,14H2,1-2H3. The van der Waals surface area contributed by atoms with Crippen LogP contribution < -0.4 is 5.32 Å². The van der Waals surface area contributed by atoms with Gasteiger partial charge >= 0.3 is 0 Å². The molecule has 2 heteroatoms. The second-order valence-electron chi connectivity index (χ2n) is 5.19. The summed E-state index contributed by atoms with van der Waals surface area (Å²) in [5.74, 6) is 0. The molecule has 1 heterocycles. The van der Waals surface area contributed by atoms with Crippen LogP contribution in [0.1, 0.15) is 38.7 Å². The lowest BCUT2D eigenvalue weighted by atomic mass is 10.1. The normalized spacial score (nSPS) is 12.3. The predicted octanol–water partition coefficient (Wildman–Crippen LogP) is 4.42. The minimum Gasteiger partial charge on any atom is -0.310 e. The smallest absolute Gasteiger partial charge is 0.0702 e. The van der Waals surface area contributed by atoms with Crippen molar-refractivity contribution in [2.24, 2.45) is 0 Å². The molecule has 0 saturated carbocycles. The Bertz CT molecular complexity index is 508. The van der Waals surface area contributed by atoms with Crippen molar-refractivity contribution in [3.8, 4) is 11.3 Å². The van der Waals surface area contributed by atoms with Crippen LogP contribution in [0.5, 0.6) is 0 Å². The Morgan fingerprint density at radius 3 is 2.70 bits per heavy atom. The minimum atomic E-state index is 0.624. The molecule has 0 aliphatic carbocycles. The quantitative estimate of drug-likeness (QED) is 0.804. The highest BCUT2D eigenvalue weighted by atomic mass is 14.9. The van der Waals surface area contributed by atoms with E-state index in [9.17, 15) is 0 Å². The van der Waals surface area contributed by atoms with Crippen molar-refractivity contribution in [2.45, 2.75) is 45.7 Å². The molecule has 2 rings (SSSR count). The first kappa shape index (κ1) is 14.7. The number of pyridine rings is 1. The first-order valence-corrected chi connectivity index (χ1v) is 7.57. The van der Waals surface area contributed by atoms with Crippen molar-refractivity contribution < 1.29 is 0 Å². The monoisotopic (exact) mass is 268 g/mol. The average molecular weight is 268 g/mol. The Morgan fingerprint density at radius 2 is 2.00 bits per heavy atom. The van der Waals surface area contributed by atoms with Crippen LogP contribution in [0.15, 0.2) is 48.7 Å². The summed E-state index contributed by atoms with van der Waals surface area (Å²) in [6, 6.07) is 15.3. The summed E-state index contributed by atoms with van der Waals surface area (Å²) < 4.78 is 0. The Hall–Kier alpha value is -1.67. The Kier molecular flexibility index (Phi) is 5.75. The maximum atomic E-state index is 4.41. The van der Waals surface area contributed by atoms with E-state index in [0.717, 1.165) is 12.2 Å². The van der Waals surface area contributed by atoms with Crippen molar-refractivity contribution in [3.63, 3.8) is 0 Å². The SMILES string of the molecule is CCCC(CC)NCc1cccc(-c2ccccn2)c1. The van der Waals surface area contributed by atoms with E-state index in [4.69, 9.17) is 0 Å². The Labute approximate surface area is 122 Å². The molecule has 0 fully saturated rings. The number of nitrogens with one attached hydrogen (secondary N) is 1. The van der Waals surface area contributed by atoms with Crippen molar-refractivity contribution in [2.75, 3.05) is 0 Å². The maximum Gasteiger partial charge on any atom is 0.0702 e. The molecule has 0 amide bonds. The van der Waals surface area contributed by atoms with Gasteiger partial charge in [-0.1, -0.05) is 44.5 Å². The molecular weight excluding hydrogens is 244 g/mol. The first-order chi connectivity index (χ1) is 9.83. The molecule has 0 saturated heterocycles. The zero-order chi connectivity index (χ0) is 14.2. The third-order valence-corrected chi connectivity index (χ3v) is 3.61. The van der Waals surface area contributed by atoms with Gasteiger partial charge in [-0.3, -0.25) is 4.98 Å². The highest BCUT2D eigenvalue weighted by molar-refractivity contribution is 5.59. The fourth-order valence-electron chi connectivity index (χ4n) is 2.44. The molecule has 1 atom stereocenters. The Balaban J connectivity index is 2.03. The highest BCUT2D eigenvalue weighted by Gasteiger charge is 2.05. The molecule has 0 spiro atoms. The van der Waals surface area contributed by atoms with Crippen molar-refractivity contribution in [3.05, 3.63) is 54.2 Å². The van der Waals surface area contributed by atoms with Crippen LogP contribution in [0.25, 0.3) is 11.3 Å². The summed E-state index contributed by atoms with van der Waals surface area (Å²) in [7, 11) is 0. The molecule has 0 aliphatic rings. The van der Waals surface area contributed by atoms with E-state index >= 15 is 0 Å². The fraction of sp³-hybridized carbons (Fsp3) is 0.389. The van der Waals surface area contributed by atoms with Gasteiger partial charge in [-0.2, -0.15) is 0 Å². The van der Waals surface area contributed by atoms with Crippen LogP contribution in [-0.2, 0) is 6.54 Å². The fourth-order valence-corrected chi connectivity index (χ4v) is 2.44. The van der Waals surface area contributed by atoms with Crippen LogP contribution in [0.2, 0.25) is 0 Å². The van der Waals surface area contributed by atoms with Gasteiger partial charge in [0.1, 0.15) is 0 Å². The topological polar surface area (TPSA) is 24.9 Å². The molecule has 2 nitrogen and oxygen atoms in total. The number of hydrogen-bond donors (Lipinski definition) is 1. The van der Waals surface area contributed by atoms with Gasteiger partial charge in [0.2, 0.25) is 0 Å². The number of hydrogen-bond acceptors (Lipinski definition) is 2. The van der Waals surface area contributed by atoms with Gasteiger partial charge in [-0.15, -0.1) is 0 Å². The van der Waals surface area contributed by atoms with Crippen LogP contribution >= 0.6 is 0 Å². The number of rotatable bonds is 7. The molecule has 0 radical (unpaired) electrons. The molecule has 1 aromatic heterocycles. The second kappa shape index (κ2) is 7.81. The second-order valence-corrected chi connectivity index (χ2v) is 5.19. The van der Waals surface area contributed by atoms with Crippen molar-refractivity contribution >= 4 is 0 Å². The summed E-state index contributed by atoms with van der Waals surface area (Å²) >= 11 is 0. The zero-order valence-corrected chi connectivity index (χ0v) is 12.5. The molecule has 20 heavy (non-hydrogen) atoms. The summed E-state index contributed by atoms with van der Waals surface area (Å²) in [4.78, 5) is 4.41. The highest BCUT2D eigenvalue weighted by Crippen LogP contribution is 2.17. The maximum absolute atomic E-state index is 4.41. The molecule has 0 aliphatic heterocycles. The van der Waals surface area contributed by atoms with Gasteiger partial charge in [0.15, 0.2) is 0 Å². The zero-order valence-electron chi connectivity index (χ0n) is 12.5. The first-order valence-electron chi connectivity index (χ1n) is 7.57.